The first-order valence-corrected chi connectivity index (χ1v) is 10.5. The van der Waals surface area contributed by atoms with Gasteiger partial charge in [0.15, 0.2) is 17.5 Å². The molecule has 29 heavy (non-hydrogen) atoms. The number of guanidine groups is 1. The number of hydrogen-bond donors (Lipinski definition) is 3. The zero-order chi connectivity index (χ0) is 19.8. The van der Waals surface area contributed by atoms with Gasteiger partial charge in [-0.2, -0.15) is 0 Å². The lowest BCUT2D eigenvalue weighted by molar-refractivity contribution is -0.0352. The summed E-state index contributed by atoms with van der Waals surface area (Å²) in [5.41, 5.74) is 0.885. The fraction of sp³-hybridized carbons (Fsp3) is 0.667. The van der Waals surface area contributed by atoms with Crippen LogP contribution in [0.3, 0.4) is 0 Å². The summed E-state index contributed by atoms with van der Waals surface area (Å²) in [4.78, 5) is 7.22. The number of aromatic hydroxyl groups is 1. The molecule has 8 heteroatoms. The quantitative estimate of drug-likeness (QED) is 0.306. The highest BCUT2D eigenvalue weighted by Crippen LogP contribution is 2.33. The van der Waals surface area contributed by atoms with Gasteiger partial charge in [-0.3, -0.25) is 4.90 Å². The summed E-state index contributed by atoms with van der Waals surface area (Å²) in [5, 5.41) is 16.2. The monoisotopic (exact) mass is 520 g/mol. The second-order valence-electron chi connectivity index (χ2n) is 7.72. The van der Waals surface area contributed by atoms with E-state index < -0.39 is 5.82 Å². The molecule has 1 aliphatic heterocycles. The maximum atomic E-state index is 13.6. The number of phenols is 1. The van der Waals surface area contributed by atoms with E-state index in [1.165, 1.54) is 44.2 Å². The van der Waals surface area contributed by atoms with E-state index in [0.717, 1.165) is 50.9 Å². The van der Waals surface area contributed by atoms with Crippen molar-refractivity contribution >= 4 is 29.9 Å². The molecule has 1 aliphatic carbocycles. The molecule has 1 aromatic rings. The molecule has 1 heterocycles. The van der Waals surface area contributed by atoms with Gasteiger partial charge in [-0.1, -0.05) is 25.3 Å². The Balaban J connectivity index is 0.00000300. The average molecular weight is 520 g/mol. The normalized spacial score (nSPS) is 20.0. The molecule has 2 fully saturated rings. The number of benzene rings is 1. The third kappa shape index (κ3) is 6.68. The molecule has 0 amide bonds. The summed E-state index contributed by atoms with van der Waals surface area (Å²) in [6, 6.07) is 4.40. The first-order chi connectivity index (χ1) is 13.6. The van der Waals surface area contributed by atoms with E-state index in [1.807, 2.05) is 6.92 Å². The Hall–Kier alpha value is -1.13. The number of aliphatic imine (C=N–C) groups is 1. The van der Waals surface area contributed by atoms with Crippen LogP contribution in [0.4, 0.5) is 4.39 Å². The van der Waals surface area contributed by atoms with E-state index >= 15 is 0 Å². The maximum Gasteiger partial charge on any atom is 0.191 e. The number of ether oxygens (including phenoxy) is 1. The van der Waals surface area contributed by atoms with Gasteiger partial charge in [0, 0.05) is 31.7 Å². The molecule has 0 aromatic heterocycles. The van der Waals surface area contributed by atoms with E-state index in [9.17, 15) is 9.50 Å². The summed E-state index contributed by atoms with van der Waals surface area (Å²) in [5.74, 6) is -0.198. The number of nitrogens with one attached hydrogen (secondary N) is 2. The summed E-state index contributed by atoms with van der Waals surface area (Å²) < 4.78 is 19.1. The number of rotatable bonds is 6. The lowest BCUT2D eigenvalue weighted by Crippen LogP contribution is -2.60. The molecule has 6 nitrogen and oxygen atoms in total. The molecule has 0 atom stereocenters. The second kappa shape index (κ2) is 11.9. The van der Waals surface area contributed by atoms with Crippen LogP contribution in [0.2, 0.25) is 0 Å². The van der Waals surface area contributed by atoms with Crippen LogP contribution < -0.4 is 10.6 Å². The van der Waals surface area contributed by atoms with Crippen molar-refractivity contribution in [3.8, 4) is 5.75 Å². The highest BCUT2D eigenvalue weighted by atomic mass is 127. The summed E-state index contributed by atoms with van der Waals surface area (Å²) in [6.45, 7) is 7.60. The molecule has 3 rings (SSSR count). The van der Waals surface area contributed by atoms with Gasteiger partial charge in [-0.25, -0.2) is 9.38 Å². The van der Waals surface area contributed by atoms with Crippen LogP contribution in [0.5, 0.6) is 5.75 Å². The first kappa shape index (κ1) is 24.1. The zero-order valence-corrected chi connectivity index (χ0v) is 19.6. The van der Waals surface area contributed by atoms with Crippen molar-refractivity contribution in [2.45, 2.75) is 51.1 Å². The Kier molecular flexibility index (Phi) is 9.91. The zero-order valence-electron chi connectivity index (χ0n) is 17.3. The fourth-order valence-electron chi connectivity index (χ4n) is 4.26. The van der Waals surface area contributed by atoms with Gasteiger partial charge in [0.05, 0.1) is 19.8 Å². The Bertz CT molecular complexity index is 662. The third-order valence-corrected chi connectivity index (χ3v) is 5.83. The van der Waals surface area contributed by atoms with Gasteiger partial charge in [0.1, 0.15) is 0 Å². The number of morpholine rings is 1. The fourth-order valence-corrected chi connectivity index (χ4v) is 4.26. The molecule has 0 radical (unpaired) electrons. The van der Waals surface area contributed by atoms with Crippen molar-refractivity contribution in [3.05, 3.63) is 29.6 Å². The summed E-state index contributed by atoms with van der Waals surface area (Å²) in [6.07, 6.45) is 6.23. The minimum Gasteiger partial charge on any atom is -0.505 e. The van der Waals surface area contributed by atoms with Crippen LogP contribution in [0.1, 0.15) is 44.6 Å². The molecule has 1 saturated carbocycles. The Morgan fingerprint density at radius 1 is 1.21 bits per heavy atom. The molecule has 3 N–H and O–H groups in total. The van der Waals surface area contributed by atoms with Crippen LogP contribution in [-0.2, 0) is 11.3 Å². The van der Waals surface area contributed by atoms with Crippen LogP contribution in [-0.4, -0.2) is 60.9 Å². The third-order valence-electron chi connectivity index (χ3n) is 5.83. The van der Waals surface area contributed by atoms with E-state index in [2.05, 4.69) is 20.5 Å². The van der Waals surface area contributed by atoms with Crippen molar-refractivity contribution in [2.75, 3.05) is 39.4 Å². The van der Waals surface area contributed by atoms with Gasteiger partial charge in [-0.05, 0) is 37.5 Å². The average Bonchev–Trinajstić information content (AvgIpc) is 2.74. The van der Waals surface area contributed by atoms with Crippen LogP contribution >= 0.6 is 24.0 Å². The molecular weight excluding hydrogens is 486 g/mol. The van der Waals surface area contributed by atoms with Crippen molar-refractivity contribution in [3.63, 3.8) is 0 Å². The molecule has 0 unspecified atom stereocenters. The van der Waals surface area contributed by atoms with Crippen LogP contribution in [0.25, 0.3) is 0 Å². The van der Waals surface area contributed by atoms with Gasteiger partial charge < -0.3 is 20.5 Å². The van der Waals surface area contributed by atoms with Crippen molar-refractivity contribution in [2.24, 2.45) is 4.99 Å². The minimum absolute atomic E-state index is 0. The Labute approximate surface area is 190 Å². The minimum atomic E-state index is -0.612. The van der Waals surface area contributed by atoms with Crippen LogP contribution in [0.15, 0.2) is 23.2 Å². The van der Waals surface area contributed by atoms with Crippen LogP contribution in [0, 0.1) is 5.82 Å². The summed E-state index contributed by atoms with van der Waals surface area (Å²) in [7, 11) is 0. The molecule has 1 saturated heterocycles. The molecule has 1 aromatic carbocycles. The molecule has 2 aliphatic rings. The number of halogens is 2. The standard InChI is InChI=1S/C21H33FN4O2.HI/c1-2-23-20(24-15-17-6-7-19(27)18(22)14-17)25-16-21(8-4-3-5-9-21)26-10-12-28-13-11-26;/h6-7,14,27H,2-5,8-13,15-16H2,1H3,(H2,23,24,25);1H. The highest BCUT2D eigenvalue weighted by Gasteiger charge is 2.38. The van der Waals surface area contributed by atoms with E-state index in [0.29, 0.717) is 6.54 Å². The lowest BCUT2D eigenvalue weighted by Gasteiger charge is -2.48. The predicted octanol–water partition coefficient (Wildman–Crippen LogP) is 3.24. The van der Waals surface area contributed by atoms with E-state index in [1.54, 1.807) is 6.07 Å². The topological polar surface area (TPSA) is 69.1 Å². The molecule has 164 valence electrons. The second-order valence-corrected chi connectivity index (χ2v) is 7.72. The van der Waals surface area contributed by atoms with Crippen molar-refractivity contribution in [1.82, 2.24) is 15.5 Å². The number of phenolic OH excluding ortho intramolecular Hbond substituents is 1. The highest BCUT2D eigenvalue weighted by molar-refractivity contribution is 14.0. The van der Waals surface area contributed by atoms with Gasteiger partial charge >= 0.3 is 0 Å². The smallest absolute Gasteiger partial charge is 0.191 e. The van der Waals surface area contributed by atoms with Crippen molar-refractivity contribution in [1.29, 1.82) is 0 Å². The predicted molar refractivity (Wildman–Crippen MR) is 125 cm³/mol. The Morgan fingerprint density at radius 2 is 1.93 bits per heavy atom. The largest absolute Gasteiger partial charge is 0.505 e. The number of nitrogens with zero attached hydrogens (tertiary/aromatic N) is 2. The van der Waals surface area contributed by atoms with Gasteiger partial charge in [0.25, 0.3) is 0 Å². The number of hydrogen-bond acceptors (Lipinski definition) is 4. The van der Waals surface area contributed by atoms with E-state index in [-0.39, 0.29) is 35.3 Å². The molecule has 0 bridgehead atoms. The summed E-state index contributed by atoms with van der Waals surface area (Å²) >= 11 is 0. The van der Waals surface area contributed by atoms with Gasteiger partial charge in [0.2, 0.25) is 0 Å². The molecular formula is C21H34FIN4O2. The van der Waals surface area contributed by atoms with Gasteiger partial charge in [-0.15, -0.1) is 24.0 Å². The maximum absolute atomic E-state index is 13.6. The Morgan fingerprint density at radius 3 is 2.59 bits per heavy atom. The van der Waals surface area contributed by atoms with E-state index in [4.69, 9.17) is 4.74 Å². The van der Waals surface area contributed by atoms with Crippen molar-refractivity contribution < 1.29 is 14.2 Å². The lowest BCUT2D eigenvalue weighted by atomic mass is 9.80. The first-order valence-electron chi connectivity index (χ1n) is 10.5. The SMILES string of the molecule is CCNC(=NCc1ccc(O)c(F)c1)NCC1(N2CCOCC2)CCCCC1.I. The molecule has 0 spiro atoms.